The number of rotatable bonds is 4. The van der Waals surface area contributed by atoms with Gasteiger partial charge in [-0.15, -0.1) is 11.3 Å². The Morgan fingerprint density at radius 3 is 2.36 bits per heavy atom. The van der Waals surface area contributed by atoms with E-state index in [-0.39, 0.29) is 15.0 Å². The summed E-state index contributed by atoms with van der Waals surface area (Å²) in [6.45, 7) is 0. The third-order valence-electron chi connectivity index (χ3n) is 4.23. The second kappa shape index (κ2) is 7.39. The van der Waals surface area contributed by atoms with E-state index < -0.39 is 9.84 Å². The van der Waals surface area contributed by atoms with Crippen LogP contribution in [0, 0.1) is 0 Å². The van der Waals surface area contributed by atoms with Crippen LogP contribution in [-0.2, 0) is 9.84 Å². The predicted molar refractivity (Wildman–Crippen MR) is 113 cm³/mol. The minimum atomic E-state index is -3.70. The van der Waals surface area contributed by atoms with Crippen LogP contribution in [0.15, 0.2) is 88.0 Å². The highest BCUT2D eigenvalue weighted by Crippen LogP contribution is 2.30. The smallest absolute Gasteiger partial charge is 0.265 e. The lowest BCUT2D eigenvalue weighted by Crippen LogP contribution is -2.10. The molecule has 1 N–H and O–H groups in total. The number of hydrogen-bond donors (Lipinski definition) is 1. The van der Waals surface area contributed by atoms with Gasteiger partial charge in [-0.25, -0.2) is 8.42 Å². The molecule has 140 valence electrons. The molecule has 0 atom stereocenters. The Bertz CT molecular complexity index is 1270. The van der Waals surface area contributed by atoms with E-state index in [1.54, 1.807) is 0 Å². The lowest BCUT2D eigenvalue weighted by Gasteiger charge is -2.07. The Labute approximate surface area is 171 Å². The minimum Gasteiger partial charge on any atom is -0.321 e. The summed E-state index contributed by atoms with van der Waals surface area (Å²) in [5.41, 5.74) is 0.679. The van der Waals surface area contributed by atoms with Crippen LogP contribution in [0.2, 0.25) is 5.02 Å². The maximum absolute atomic E-state index is 12.7. The van der Waals surface area contributed by atoms with Gasteiger partial charge in [0, 0.05) is 16.1 Å². The number of thiophene rings is 1. The molecule has 4 aromatic rings. The van der Waals surface area contributed by atoms with Gasteiger partial charge in [0.2, 0.25) is 9.84 Å². The van der Waals surface area contributed by atoms with Crippen molar-refractivity contribution in [3.8, 4) is 0 Å². The van der Waals surface area contributed by atoms with Crippen LogP contribution in [0.1, 0.15) is 9.67 Å². The van der Waals surface area contributed by atoms with Crippen molar-refractivity contribution in [2.24, 2.45) is 0 Å². The van der Waals surface area contributed by atoms with E-state index in [2.05, 4.69) is 5.32 Å². The summed E-state index contributed by atoms with van der Waals surface area (Å²) in [5.74, 6) is -0.348. The van der Waals surface area contributed by atoms with Crippen molar-refractivity contribution in [2.45, 2.75) is 9.10 Å². The number of amides is 1. The summed E-state index contributed by atoms with van der Waals surface area (Å²) in [4.78, 5) is 13.1. The second-order valence-corrected chi connectivity index (χ2v) is 9.75. The first-order chi connectivity index (χ1) is 13.4. The van der Waals surface area contributed by atoms with Gasteiger partial charge in [-0.1, -0.05) is 48.0 Å². The molecule has 0 radical (unpaired) electrons. The van der Waals surface area contributed by atoms with E-state index >= 15 is 0 Å². The van der Waals surface area contributed by atoms with Crippen LogP contribution in [-0.4, -0.2) is 14.3 Å². The highest BCUT2D eigenvalue weighted by molar-refractivity contribution is 7.93. The summed E-state index contributed by atoms with van der Waals surface area (Å²) >= 11 is 6.77. The molecule has 28 heavy (non-hydrogen) atoms. The number of fused-ring (bicyclic) bond motifs is 1. The Kier molecular flexibility index (Phi) is 4.93. The SMILES string of the molecule is O=C(Nc1cccc2ccccc12)c1ccc(S(=O)(=O)c2ccc(Cl)cc2)s1. The molecule has 0 bridgehead atoms. The third-order valence-corrected chi connectivity index (χ3v) is 7.83. The highest BCUT2D eigenvalue weighted by atomic mass is 35.5. The van der Waals surface area contributed by atoms with Crippen molar-refractivity contribution in [3.05, 3.63) is 88.8 Å². The average molecular weight is 428 g/mol. The molecule has 0 fully saturated rings. The van der Waals surface area contributed by atoms with Crippen molar-refractivity contribution in [1.82, 2.24) is 0 Å². The fraction of sp³-hybridized carbons (Fsp3) is 0. The summed E-state index contributed by atoms with van der Waals surface area (Å²) in [6, 6.07) is 22.3. The van der Waals surface area contributed by atoms with Crippen LogP contribution in [0.5, 0.6) is 0 Å². The number of sulfone groups is 1. The number of carbonyl (C=O) groups is 1. The fourth-order valence-electron chi connectivity index (χ4n) is 2.83. The molecule has 0 spiro atoms. The maximum atomic E-state index is 12.7. The predicted octanol–water partition coefficient (Wildman–Crippen LogP) is 5.64. The van der Waals surface area contributed by atoms with Gasteiger partial charge in [0.25, 0.3) is 5.91 Å². The normalized spacial score (nSPS) is 11.5. The van der Waals surface area contributed by atoms with E-state index in [4.69, 9.17) is 11.6 Å². The van der Waals surface area contributed by atoms with Gasteiger partial charge in [-0.3, -0.25) is 4.79 Å². The Morgan fingerprint density at radius 2 is 1.57 bits per heavy atom. The number of halogens is 1. The Hall–Kier alpha value is -2.67. The lowest BCUT2D eigenvalue weighted by molar-refractivity contribution is 0.103. The van der Waals surface area contributed by atoms with Crippen molar-refractivity contribution in [2.75, 3.05) is 5.32 Å². The van der Waals surface area contributed by atoms with Crippen LogP contribution >= 0.6 is 22.9 Å². The average Bonchev–Trinajstić information content (AvgIpc) is 3.20. The van der Waals surface area contributed by atoms with Gasteiger partial charge < -0.3 is 5.32 Å². The first-order valence-corrected chi connectivity index (χ1v) is 11.0. The second-order valence-electron chi connectivity index (χ2n) is 6.06. The van der Waals surface area contributed by atoms with E-state index in [1.165, 1.54) is 36.4 Å². The summed E-state index contributed by atoms with van der Waals surface area (Å²) in [6.07, 6.45) is 0. The van der Waals surface area contributed by atoms with Gasteiger partial charge in [0.05, 0.1) is 9.77 Å². The zero-order chi connectivity index (χ0) is 19.7. The molecule has 4 nitrogen and oxygen atoms in total. The van der Waals surface area contributed by atoms with E-state index in [1.807, 2.05) is 42.5 Å². The number of carbonyl (C=O) groups excluding carboxylic acids is 1. The van der Waals surface area contributed by atoms with Crippen molar-refractivity contribution in [3.63, 3.8) is 0 Å². The first kappa shape index (κ1) is 18.7. The van der Waals surface area contributed by atoms with Gasteiger partial charge in [0.15, 0.2) is 0 Å². The molecule has 0 aliphatic rings. The molecule has 7 heteroatoms. The third kappa shape index (κ3) is 3.54. The molecule has 4 rings (SSSR count). The fourth-order valence-corrected chi connectivity index (χ4v) is 5.56. The Balaban J connectivity index is 1.62. The summed E-state index contributed by atoms with van der Waals surface area (Å²) < 4.78 is 25.6. The van der Waals surface area contributed by atoms with Crippen LogP contribution in [0.25, 0.3) is 10.8 Å². The topological polar surface area (TPSA) is 63.2 Å². The number of anilines is 1. The maximum Gasteiger partial charge on any atom is 0.265 e. The molecule has 3 aromatic carbocycles. The highest BCUT2D eigenvalue weighted by Gasteiger charge is 2.22. The summed E-state index contributed by atoms with van der Waals surface area (Å²) in [7, 11) is -3.70. The molecular weight excluding hydrogens is 414 g/mol. The molecular formula is C21H14ClNO3S2. The largest absolute Gasteiger partial charge is 0.321 e. The van der Waals surface area contributed by atoms with Gasteiger partial charge >= 0.3 is 0 Å². The quantitative estimate of drug-likeness (QED) is 0.458. The molecule has 1 amide bonds. The molecule has 0 aliphatic carbocycles. The van der Waals surface area contributed by atoms with Crippen LogP contribution in [0.3, 0.4) is 0 Å². The molecule has 0 saturated heterocycles. The zero-order valence-corrected chi connectivity index (χ0v) is 16.8. The zero-order valence-electron chi connectivity index (χ0n) is 14.4. The monoisotopic (exact) mass is 427 g/mol. The summed E-state index contributed by atoms with van der Waals surface area (Å²) in [5, 5.41) is 5.26. The van der Waals surface area contributed by atoms with E-state index in [9.17, 15) is 13.2 Å². The molecule has 0 unspecified atom stereocenters. The van der Waals surface area contributed by atoms with Crippen molar-refractivity contribution >= 4 is 55.1 Å². The van der Waals surface area contributed by atoms with Crippen molar-refractivity contribution in [1.29, 1.82) is 0 Å². The van der Waals surface area contributed by atoms with Crippen LogP contribution in [0.4, 0.5) is 5.69 Å². The van der Waals surface area contributed by atoms with Gasteiger partial charge in [0.1, 0.15) is 4.21 Å². The number of benzene rings is 3. The standard InChI is InChI=1S/C21H14ClNO3S2/c22-15-8-10-16(11-9-15)28(25,26)20-13-12-19(27-20)21(24)23-18-7-3-5-14-4-1-2-6-17(14)18/h1-13H,(H,23,24). The Morgan fingerprint density at radius 1 is 0.857 bits per heavy atom. The number of nitrogens with one attached hydrogen (secondary N) is 1. The minimum absolute atomic E-state index is 0.109. The molecule has 0 saturated carbocycles. The number of hydrogen-bond acceptors (Lipinski definition) is 4. The molecule has 1 aromatic heterocycles. The lowest BCUT2D eigenvalue weighted by atomic mass is 10.1. The van der Waals surface area contributed by atoms with E-state index in [0.717, 1.165) is 22.1 Å². The van der Waals surface area contributed by atoms with Crippen LogP contribution < -0.4 is 5.32 Å². The van der Waals surface area contributed by atoms with E-state index in [0.29, 0.717) is 15.6 Å². The molecule has 0 aliphatic heterocycles. The van der Waals surface area contributed by atoms with Gasteiger partial charge in [-0.2, -0.15) is 0 Å². The first-order valence-electron chi connectivity index (χ1n) is 8.35. The van der Waals surface area contributed by atoms with Crippen molar-refractivity contribution < 1.29 is 13.2 Å². The van der Waals surface area contributed by atoms with Gasteiger partial charge in [-0.05, 0) is 47.9 Å². The molecule has 1 heterocycles.